The van der Waals surface area contributed by atoms with Gasteiger partial charge in [0.15, 0.2) is 0 Å². The van der Waals surface area contributed by atoms with Gasteiger partial charge < -0.3 is 20.7 Å². The van der Waals surface area contributed by atoms with E-state index in [1.165, 1.54) is 0 Å². The van der Waals surface area contributed by atoms with Crippen molar-refractivity contribution >= 4 is 28.4 Å². The van der Waals surface area contributed by atoms with Crippen molar-refractivity contribution in [2.75, 3.05) is 10.6 Å². The van der Waals surface area contributed by atoms with Gasteiger partial charge >= 0.3 is 6.03 Å². The first-order chi connectivity index (χ1) is 16.3. The Morgan fingerprint density at radius 1 is 0.912 bits per heavy atom. The number of amides is 2. The molecule has 7 heteroatoms. The van der Waals surface area contributed by atoms with Crippen molar-refractivity contribution in [3.8, 4) is 16.9 Å². The molecule has 34 heavy (non-hydrogen) atoms. The number of nitrogens with one attached hydrogen (secondary N) is 3. The van der Waals surface area contributed by atoms with Crippen LogP contribution in [0.1, 0.15) is 50.7 Å². The number of H-pyrrole nitrogens is 1. The largest absolute Gasteiger partial charge is 0.508 e. The second kappa shape index (κ2) is 9.39. The summed E-state index contributed by atoms with van der Waals surface area (Å²) in [5.41, 5.74) is 3.85. The van der Waals surface area contributed by atoms with E-state index >= 15 is 0 Å². The summed E-state index contributed by atoms with van der Waals surface area (Å²) in [6.07, 6.45) is 1.58. The van der Waals surface area contributed by atoms with Crippen LogP contribution in [0.3, 0.4) is 0 Å². The molecule has 0 unspecified atom stereocenters. The average Bonchev–Trinajstić information content (AvgIpc) is 2.79. The van der Waals surface area contributed by atoms with Gasteiger partial charge in [-0.3, -0.25) is 4.79 Å². The first-order valence-corrected chi connectivity index (χ1v) is 11.3. The van der Waals surface area contributed by atoms with Crippen molar-refractivity contribution in [1.29, 1.82) is 0 Å². The van der Waals surface area contributed by atoms with Gasteiger partial charge in [0.25, 0.3) is 5.56 Å². The number of aromatic nitrogens is 2. The topological polar surface area (TPSA) is 107 Å². The van der Waals surface area contributed by atoms with Crippen LogP contribution in [-0.4, -0.2) is 21.1 Å². The second-order valence-corrected chi connectivity index (χ2v) is 8.85. The van der Waals surface area contributed by atoms with Gasteiger partial charge in [-0.25, -0.2) is 9.78 Å². The lowest BCUT2D eigenvalue weighted by atomic mass is 9.93. The Balaban J connectivity index is 1.81. The molecule has 2 heterocycles. The maximum Gasteiger partial charge on any atom is 0.323 e. The van der Waals surface area contributed by atoms with Crippen molar-refractivity contribution < 1.29 is 9.90 Å². The highest BCUT2D eigenvalue weighted by molar-refractivity contribution is 6.07. The number of hydrogen-bond acceptors (Lipinski definition) is 4. The van der Waals surface area contributed by atoms with Gasteiger partial charge in [-0.2, -0.15) is 0 Å². The van der Waals surface area contributed by atoms with Gasteiger partial charge in [0, 0.05) is 22.8 Å². The maximum atomic E-state index is 13.2. The van der Waals surface area contributed by atoms with Crippen molar-refractivity contribution in [1.82, 2.24) is 9.97 Å². The minimum absolute atomic E-state index is 0.0534. The standard InChI is InChI=1S/C27H28N4O3/c1-15(2)19-10-6-11-20(16(3)4)23(19)29-27(34)30-24-22(17-8-5-9-18(32)14-17)21-12-7-13-28-25(21)31-26(24)33/h5-16,32H,1-4H3,(H,28,31,33)(H2,29,30,34). The molecule has 4 aromatic rings. The summed E-state index contributed by atoms with van der Waals surface area (Å²) in [6, 6.07) is 15.6. The van der Waals surface area contributed by atoms with Crippen LogP contribution in [0.2, 0.25) is 0 Å². The van der Waals surface area contributed by atoms with Gasteiger partial charge in [-0.05, 0) is 52.8 Å². The smallest absolute Gasteiger partial charge is 0.323 e. The van der Waals surface area contributed by atoms with E-state index in [4.69, 9.17) is 0 Å². The number of carbonyl (C=O) groups is 1. The molecule has 0 bridgehead atoms. The molecular formula is C27H28N4O3. The number of pyridine rings is 2. The van der Waals surface area contributed by atoms with E-state index in [-0.39, 0.29) is 23.3 Å². The van der Waals surface area contributed by atoms with Crippen LogP contribution in [-0.2, 0) is 0 Å². The lowest BCUT2D eigenvalue weighted by Crippen LogP contribution is -2.26. The van der Waals surface area contributed by atoms with E-state index in [0.29, 0.717) is 22.2 Å². The molecule has 0 aliphatic rings. The summed E-state index contributed by atoms with van der Waals surface area (Å²) < 4.78 is 0. The van der Waals surface area contributed by atoms with Gasteiger partial charge in [-0.1, -0.05) is 58.0 Å². The first kappa shape index (κ1) is 23.0. The lowest BCUT2D eigenvalue weighted by Gasteiger charge is -2.21. The Kier molecular flexibility index (Phi) is 6.36. The van der Waals surface area contributed by atoms with E-state index in [9.17, 15) is 14.7 Å². The Morgan fingerprint density at radius 2 is 1.56 bits per heavy atom. The van der Waals surface area contributed by atoms with Gasteiger partial charge in [0.1, 0.15) is 17.1 Å². The summed E-state index contributed by atoms with van der Waals surface area (Å²) in [6.45, 7) is 8.29. The molecule has 2 aromatic heterocycles. The third kappa shape index (κ3) is 4.50. The third-order valence-corrected chi connectivity index (χ3v) is 5.77. The molecule has 0 atom stereocenters. The van der Waals surface area contributed by atoms with E-state index in [1.807, 2.05) is 24.3 Å². The number of nitrogens with zero attached hydrogens (tertiary/aromatic N) is 1. The summed E-state index contributed by atoms with van der Waals surface area (Å²) in [4.78, 5) is 33.3. The fourth-order valence-electron chi connectivity index (χ4n) is 4.16. The number of fused-ring (bicyclic) bond motifs is 1. The fraction of sp³-hybridized carbons (Fsp3) is 0.222. The predicted molar refractivity (Wildman–Crippen MR) is 137 cm³/mol. The number of aromatic amines is 1. The molecule has 0 fully saturated rings. The average molecular weight is 457 g/mol. The van der Waals surface area contributed by atoms with Gasteiger partial charge in [0.2, 0.25) is 0 Å². The lowest BCUT2D eigenvalue weighted by molar-refractivity contribution is 0.262. The number of urea groups is 1. The molecule has 2 aromatic carbocycles. The zero-order valence-electron chi connectivity index (χ0n) is 19.6. The predicted octanol–water partition coefficient (Wildman–Crippen LogP) is 6.19. The Morgan fingerprint density at radius 3 is 2.21 bits per heavy atom. The van der Waals surface area contributed by atoms with Gasteiger partial charge in [-0.15, -0.1) is 0 Å². The van der Waals surface area contributed by atoms with Crippen LogP contribution in [0.15, 0.2) is 65.6 Å². The number of para-hydroxylation sites is 1. The molecule has 174 valence electrons. The van der Waals surface area contributed by atoms with E-state index < -0.39 is 11.6 Å². The van der Waals surface area contributed by atoms with E-state index in [0.717, 1.165) is 16.8 Å². The molecule has 0 aliphatic carbocycles. The Hall–Kier alpha value is -4.13. The van der Waals surface area contributed by atoms with Crippen LogP contribution in [0.25, 0.3) is 22.2 Å². The Bertz CT molecular complexity index is 1400. The molecule has 4 rings (SSSR count). The SMILES string of the molecule is CC(C)c1cccc(C(C)C)c1NC(=O)Nc1c(-c2cccc(O)c2)c2cccnc2[nH]c1=O. The van der Waals surface area contributed by atoms with Crippen LogP contribution in [0, 0.1) is 0 Å². The zero-order chi connectivity index (χ0) is 24.4. The zero-order valence-corrected chi connectivity index (χ0v) is 19.6. The van der Waals surface area contributed by atoms with Crippen LogP contribution in [0.5, 0.6) is 5.75 Å². The highest BCUT2D eigenvalue weighted by atomic mass is 16.3. The molecule has 4 N–H and O–H groups in total. The molecule has 0 spiro atoms. The van der Waals surface area contributed by atoms with Crippen molar-refractivity contribution in [2.45, 2.75) is 39.5 Å². The molecule has 0 radical (unpaired) electrons. The van der Waals surface area contributed by atoms with Crippen molar-refractivity contribution in [3.05, 3.63) is 82.3 Å². The van der Waals surface area contributed by atoms with Crippen molar-refractivity contribution in [2.24, 2.45) is 0 Å². The Labute approximate surface area is 197 Å². The number of anilines is 2. The normalized spacial score (nSPS) is 11.2. The number of hydrogen-bond donors (Lipinski definition) is 4. The summed E-state index contributed by atoms with van der Waals surface area (Å²) >= 11 is 0. The first-order valence-electron chi connectivity index (χ1n) is 11.3. The number of benzene rings is 2. The number of phenols is 1. The van der Waals surface area contributed by atoms with Crippen LogP contribution in [0.4, 0.5) is 16.2 Å². The molecule has 2 amide bonds. The fourth-order valence-corrected chi connectivity index (χ4v) is 4.16. The number of aromatic hydroxyl groups is 1. The molecule has 7 nitrogen and oxygen atoms in total. The van der Waals surface area contributed by atoms with Gasteiger partial charge in [0.05, 0.1) is 0 Å². The molecule has 0 aliphatic heterocycles. The maximum absolute atomic E-state index is 13.2. The summed E-state index contributed by atoms with van der Waals surface area (Å²) in [5.74, 6) is 0.455. The number of carbonyl (C=O) groups excluding carboxylic acids is 1. The monoisotopic (exact) mass is 456 g/mol. The highest BCUT2D eigenvalue weighted by Gasteiger charge is 2.20. The minimum atomic E-state index is -0.523. The molecular weight excluding hydrogens is 428 g/mol. The van der Waals surface area contributed by atoms with E-state index in [2.05, 4.69) is 48.3 Å². The number of rotatable bonds is 5. The summed E-state index contributed by atoms with van der Waals surface area (Å²) in [7, 11) is 0. The highest BCUT2D eigenvalue weighted by Crippen LogP contribution is 2.35. The molecule has 0 saturated carbocycles. The molecule has 0 saturated heterocycles. The van der Waals surface area contributed by atoms with Crippen LogP contribution >= 0.6 is 0 Å². The van der Waals surface area contributed by atoms with Crippen molar-refractivity contribution in [3.63, 3.8) is 0 Å². The third-order valence-electron chi connectivity index (χ3n) is 5.77. The number of phenolic OH excluding ortho intramolecular Hbond substituents is 1. The van der Waals surface area contributed by atoms with E-state index in [1.54, 1.807) is 36.5 Å². The quantitative estimate of drug-likeness (QED) is 0.287. The summed E-state index contributed by atoms with van der Waals surface area (Å²) in [5, 5.41) is 16.4. The van der Waals surface area contributed by atoms with Crippen LogP contribution < -0.4 is 16.2 Å². The second-order valence-electron chi connectivity index (χ2n) is 8.85. The minimum Gasteiger partial charge on any atom is -0.508 e.